The number of nitrogens with one attached hydrogen (secondary N) is 1. The number of thiazole rings is 1. The summed E-state index contributed by atoms with van der Waals surface area (Å²) in [4.78, 5) is 26.0. The van der Waals surface area contributed by atoms with Gasteiger partial charge in [0.2, 0.25) is 0 Å². The normalized spacial score (nSPS) is 16.8. The lowest BCUT2D eigenvalue weighted by Crippen LogP contribution is -2.33. The maximum Gasteiger partial charge on any atom is 0.355 e. The molecule has 0 aromatic carbocycles. The van der Waals surface area contributed by atoms with Crippen LogP contribution in [-0.2, 0) is 0 Å². The van der Waals surface area contributed by atoms with Crippen LogP contribution in [0.1, 0.15) is 40.1 Å². The second-order valence-corrected chi connectivity index (χ2v) is 4.80. The van der Waals surface area contributed by atoms with Gasteiger partial charge in [0.25, 0.3) is 5.91 Å². The van der Waals surface area contributed by atoms with E-state index in [0.717, 1.165) is 24.2 Å². The third-order valence-electron chi connectivity index (χ3n) is 2.61. The molecule has 0 bridgehead atoms. The van der Waals surface area contributed by atoms with Crippen molar-refractivity contribution in [2.45, 2.75) is 25.8 Å². The Balaban J connectivity index is 1.99. The molecule has 0 radical (unpaired) electrons. The Kier molecular flexibility index (Phi) is 2.91. The Morgan fingerprint density at radius 3 is 2.81 bits per heavy atom. The van der Waals surface area contributed by atoms with Gasteiger partial charge < -0.3 is 10.4 Å². The fourth-order valence-electron chi connectivity index (χ4n) is 1.46. The summed E-state index contributed by atoms with van der Waals surface area (Å²) in [6.07, 6.45) is 2.30. The summed E-state index contributed by atoms with van der Waals surface area (Å²) in [5.74, 6) is -0.815. The number of aromatic carboxylic acids is 1. The molecule has 6 heteroatoms. The lowest BCUT2D eigenvalue weighted by Gasteiger charge is -2.10. The van der Waals surface area contributed by atoms with Crippen LogP contribution in [0.4, 0.5) is 0 Å². The average molecular weight is 240 g/mol. The van der Waals surface area contributed by atoms with Crippen LogP contribution in [0.15, 0.2) is 5.38 Å². The van der Waals surface area contributed by atoms with Crippen LogP contribution in [0.3, 0.4) is 0 Å². The summed E-state index contributed by atoms with van der Waals surface area (Å²) in [5.41, 5.74) is -0.0748. The van der Waals surface area contributed by atoms with Crippen LogP contribution in [0.2, 0.25) is 0 Å². The molecular weight excluding hydrogens is 228 g/mol. The van der Waals surface area contributed by atoms with E-state index in [1.165, 1.54) is 5.38 Å². The zero-order chi connectivity index (χ0) is 11.7. The zero-order valence-corrected chi connectivity index (χ0v) is 9.58. The minimum atomic E-state index is -1.11. The monoisotopic (exact) mass is 240 g/mol. The summed E-state index contributed by atoms with van der Waals surface area (Å²) in [5, 5.41) is 13.1. The van der Waals surface area contributed by atoms with E-state index in [9.17, 15) is 9.59 Å². The van der Waals surface area contributed by atoms with E-state index in [-0.39, 0.29) is 22.7 Å². The Morgan fingerprint density at radius 1 is 1.62 bits per heavy atom. The van der Waals surface area contributed by atoms with Crippen LogP contribution in [0.25, 0.3) is 0 Å². The van der Waals surface area contributed by atoms with Gasteiger partial charge in [-0.1, -0.05) is 0 Å². The van der Waals surface area contributed by atoms with E-state index in [2.05, 4.69) is 10.3 Å². The number of carbonyl (C=O) groups is 2. The SMILES string of the molecule is CC(NC(=O)c1nc(C(=O)O)cs1)C1CC1. The topological polar surface area (TPSA) is 79.3 Å². The first-order chi connectivity index (χ1) is 7.58. The van der Waals surface area contributed by atoms with E-state index in [1.54, 1.807) is 0 Å². The molecule has 1 saturated carbocycles. The van der Waals surface area contributed by atoms with E-state index < -0.39 is 5.97 Å². The second kappa shape index (κ2) is 4.21. The first kappa shape index (κ1) is 11.1. The molecule has 0 spiro atoms. The largest absolute Gasteiger partial charge is 0.476 e. The van der Waals surface area contributed by atoms with Gasteiger partial charge in [-0.05, 0) is 25.7 Å². The van der Waals surface area contributed by atoms with Gasteiger partial charge in [0.05, 0.1) is 0 Å². The van der Waals surface area contributed by atoms with Crippen molar-refractivity contribution in [1.29, 1.82) is 0 Å². The van der Waals surface area contributed by atoms with Crippen LogP contribution in [0.5, 0.6) is 0 Å². The fraction of sp³-hybridized carbons (Fsp3) is 0.500. The average Bonchev–Trinajstić information content (AvgIpc) is 2.95. The van der Waals surface area contributed by atoms with Crippen molar-refractivity contribution in [3.05, 3.63) is 16.1 Å². The number of nitrogens with zero attached hydrogens (tertiary/aromatic N) is 1. The number of hydrogen-bond donors (Lipinski definition) is 2. The van der Waals surface area contributed by atoms with E-state index in [4.69, 9.17) is 5.11 Å². The lowest BCUT2D eigenvalue weighted by molar-refractivity contribution is 0.0691. The van der Waals surface area contributed by atoms with Gasteiger partial charge >= 0.3 is 5.97 Å². The third-order valence-corrected chi connectivity index (χ3v) is 3.45. The highest BCUT2D eigenvalue weighted by atomic mass is 32.1. The van der Waals surface area contributed by atoms with E-state index in [0.29, 0.717) is 5.92 Å². The molecule has 1 heterocycles. The van der Waals surface area contributed by atoms with Crippen molar-refractivity contribution in [2.75, 3.05) is 0 Å². The molecule has 0 saturated heterocycles. The number of aromatic nitrogens is 1. The highest BCUT2D eigenvalue weighted by Gasteiger charge is 2.29. The summed E-state index contributed by atoms with van der Waals surface area (Å²) >= 11 is 1.06. The summed E-state index contributed by atoms with van der Waals surface area (Å²) in [7, 11) is 0. The van der Waals surface area contributed by atoms with Crippen molar-refractivity contribution in [1.82, 2.24) is 10.3 Å². The van der Waals surface area contributed by atoms with Crippen molar-refractivity contribution in [3.8, 4) is 0 Å². The molecule has 0 aliphatic heterocycles. The Hall–Kier alpha value is -1.43. The highest BCUT2D eigenvalue weighted by molar-refractivity contribution is 7.11. The molecule has 1 unspecified atom stereocenters. The number of hydrogen-bond acceptors (Lipinski definition) is 4. The number of rotatable bonds is 4. The molecule has 1 aliphatic rings. The molecule has 1 amide bonds. The summed E-state index contributed by atoms with van der Waals surface area (Å²) in [6, 6.07) is 0.143. The number of carboxylic acids is 1. The fourth-order valence-corrected chi connectivity index (χ4v) is 2.15. The van der Waals surface area contributed by atoms with Crippen molar-refractivity contribution < 1.29 is 14.7 Å². The molecule has 1 fully saturated rings. The molecule has 1 aromatic heterocycles. The minimum absolute atomic E-state index is 0.0748. The molecular formula is C10H12N2O3S. The van der Waals surface area contributed by atoms with Crippen LogP contribution in [-0.4, -0.2) is 28.0 Å². The van der Waals surface area contributed by atoms with Crippen LogP contribution >= 0.6 is 11.3 Å². The van der Waals surface area contributed by atoms with Gasteiger partial charge in [0.1, 0.15) is 0 Å². The standard InChI is InChI=1S/C10H12N2O3S/c1-5(6-2-3-6)11-8(13)9-12-7(4-16-9)10(14)15/h4-6H,2-3H2,1H3,(H,11,13)(H,14,15). The number of amides is 1. The molecule has 86 valence electrons. The molecule has 2 N–H and O–H groups in total. The van der Waals surface area contributed by atoms with Gasteiger partial charge in [-0.15, -0.1) is 11.3 Å². The number of carbonyl (C=O) groups excluding carboxylic acids is 1. The number of carboxylic acid groups (broad SMARTS) is 1. The van der Waals surface area contributed by atoms with Crippen molar-refractivity contribution in [3.63, 3.8) is 0 Å². The first-order valence-electron chi connectivity index (χ1n) is 5.07. The lowest BCUT2D eigenvalue weighted by atomic mass is 10.2. The molecule has 1 aromatic rings. The summed E-state index contributed by atoms with van der Waals surface area (Å²) < 4.78 is 0. The quantitative estimate of drug-likeness (QED) is 0.833. The van der Waals surface area contributed by atoms with Gasteiger partial charge in [0.15, 0.2) is 10.7 Å². The minimum Gasteiger partial charge on any atom is -0.476 e. The molecule has 1 aliphatic carbocycles. The predicted molar refractivity (Wildman–Crippen MR) is 58.7 cm³/mol. The zero-order valence-electron chi connectivity index (χ0n) is 8.77. The van der Waals surface area contributed by atoms with E-state index >= 15 is 0 Å². The van der Waals surface area contributed by atoms with Gasteiger partial charge in [-0.2, -0.15) is 0 Å². The summed E-state index contributed by atoms with van der Waals surface area (Å²) in [6.45, 7) is 1.96. The van der Waals surface area contributed by atoms with Crippen molar-refractivity contribution in [2.24, 2.45) is 5.92 Å². The maximum absolute atomic E-state index is 11.7. The molecule has 2 rings (SSSR count). The van der Waals surface area contributed by atoms with Crippen LogP contribution in [0, 0.1) is 5.92 Å². The Labute approximate surface area is 96.5 Å². The maximum atomic E-state index is 11.7. The Bertz CT molecular complexity index is 425. The van der Waals surface area contributed by atoms with Crippen molar-refractivity contribution >= 4 is 23.2 Å². The molecule has 1 atom stereocenters. The molecule has 16 heavy (non-hydrogen) atoms. The third kappa shape index (κ3) is 2.38. The second-order valence-electron chi connectivity index (χ2n) is 3.94. The highest BCUT2D eigenvalue weighted by Crippen LogP contribution is 2.32. The van der Waals surface area contributed by atoms with E-state index in [1.807, 2.05) is 6.92 Å². The van der Waals surface area contributed by atoms with Crippen LogP contribution < -0.4 is 5.32 Å². The molecule has 5 nitrogen and oxygen atoms in total. The predicted octanol–water partition coefficient (Wildman–Crippen LogP) is 1.37. The Morgan fingerprint density at radius 2 is 2.31 bits per heavy atom. The van der Waals surface area contributed by atoms with Gasteiger partial charge in [0, 0.05) is 11.4 Å². The van der Waals surface area contributed by atoms with Gasteiger partial charge in [-0.25, -0.2) is 9.78 Å². The van der Waals surface area contributed by atoms with Gasteiger partial charge in [-0.3, -0.25) is 4.79 Å². The first-order valence-corrected chi connectivity index (χ1v) is 5.95. The smallest absolute Gasteiger partial charge is 0.355 e.